The van der Waals surface area contributed by atoms with Gasteiger partial charge < -0.3 is 15.0 Å². The molecule has 2 aliphatic heterocycles. The third-order valence-electron chi connectivity index (χ3n) is 5.47. The fourth-order valence-corrected chi connectivity index (χ4v) is 3.75. The number of aliphatic imine (C=N–C) groups is 1. The molecule has 6 nitrogen and oxygen atoms in total. The smallest absolute Gasteiger partial charge is 0.206 e. The van der Waals surface area contributed by atoms with Crippen LogP contribution in [0.15, 0.2) is 52.7 Å². The monoisotopic (exact) mass is 506 g/mol. The molecule has 0 bridgehead atoms. The third kappa shape index (κ3) is 21.0. The van der Waals surface area contributed by atoms with Gasteiger partial charge in [-0.3, -0.25) is 14.7 Å². The third-order valence-corrected chi connectivity index (χ3v) is 5.47. The number of rotatable bonds is 6. The molecule has 1 N–H and O–H groups in total. The van der Waals surface area contributed by atoms with Crippen molar-refractivity contribution in [1.82, 2.24) is 15.1 Å². The first kappa shape index (κ1) is 38.2. The van der Waals surface area contributed by atoms with Crippen LogP contribution in [-0.2, 0) is 9.59 Å². The standard InChI is InChI=1S/C14H25N.C10H16N2.C3H8.C2H5NO.CH2O.H2/c1-5-6-13(4)11-14-7-9-15(10-8-14)12(2)3;1-4-9-7-12(3)8-10(9)6-11-5-2;1-3-2;1-3-2-4;1-2;/h5-6,12,14H,4,7-11H2,1-3H3;4-6H,7-8H2,1-3H3;3H2,1-2H3;2H,1H3,(H,3,4);1H2;1H/b6-5-;9-4-,10-6-,11-5?;;;;. The van der Waals surface area contributed by atoms with Crippen LogP contribution in [0.5, 0.6) is 0 Å². The van der Waals surface area contributed by atoms with Crippen molar-refractivity contribution >= 4 is 19.4 Å². The molecule has 0 aromatic rings. The summed E-state index contributed by atoms with van der Waals surface area (Å²) in [6, 6.07) is 0.713. The highest BCUT2D eigenvalue weighted by Crippen LogP contribution is 2.24. The van der Waals surface area contributed by atoms with Crippen LogP contribution >= 0.6 is 0 Å². The number of hydrogen-bond acceptors (Lipinski definition) is 5. The highest BCUT2D eigenvalue weighted by atomic mass is 16.1. The topological polar surface area (TPSA) is 65.0 Å². The van der Waals surface area contributed by atoms with Crippen LogP contribution in [0, 0.1) is 5.92 Å². The minimum atomic E-state index is 0. The first-order valence-corrected chi connectivity index (χ1v) is 13.2. The Kier molecular flexibility index (Phi) is 29.0. The lowest BCUT2D eigenvalue weighted by Gasteiger charge is -2.34. The Bertz CT molecular complexity index is 664. The Balaban J connectivity index is -0.000000221. The Morgan fingerprint density at radius 2 is 1.64 bits per heavy atom. The zero-order chi connectivity index (χ0) is 28.4. The van der Waals surface area contributed by atoms with E-state index < -0.39 is 0 Å². The molecule has 0 aliphatic carbocycles. The summed E-state index contributed by atoms with van der Waals surface area (Å²) in [5.41, 5.74) is 4.04. The van der Waals surface area contributed by atoms with Crippen molar-refractivity contribution in [2.45, 2.75) is 80.2 Å². The van der Waals surface area contributed by atoms with Crippen molar-refractivity contribution in [3.63, 3.8) is 0 Å². The Hall–Kier alpha value is -2.31. The van der Waals surface area contributed by atoms with E-state index in [1.807, 2.05) is 26.1 Å². The van der Waals surface area contributed by atoms with E-state index in [9.17, 15) is 0 Å². The number of carbonyl (C=O) groups is 2. The van der Waals surface area contributed by atoms with Gasteiger partial charge in [0.2, 0.25) is 6.41 Å². The van der Waals surface area contributed by atoms with Gasteiger partial charge in [0.15, 0.2) is 0 Å². The summed E-state index contributed by atoms with van der Waals surface area (Å²) in [6.07, 6.45) is 15.9. The molecule has 2 aliphatic rings. The maximum Gasteiger partial charge on any atom is 0.206 e. The first-order chi connectivity index (χ1) is 17.2. The average molecular weight is 507 g/mol. The average Bonchev–Trinajstić information content (AvgIpc) is 3.25. The molecule has 6 heteroatoms. The van der Waals surface area contributed by atoms with Gasteiger partial charge in [0.1, 0.15) is 6.79 Å². The molecule has 0 atom stereocenters. The summed E-state index contributed by atoms with van der Waals surface area (Å²) >= 11 is 0. The number of hydrogen-bond donors (Lipinski definition) is 1. The molecular formula is C30H58N4O2. The van der Waals surface area contributed by atoms with Crippen LogP contribution in [0.4, 0.5) is 0 Å². The van der Waals surface area contributed by atoms with Gasteiger partial charge in [0, 0.05) is 40.0 Å². The van der Waals surface area contributed by atoms with Gasteiger partial charge in [-0.15, -0.1) is 0 Å². The van der Waals surface area contributed by atoms with Crippen LogP contribution in [0.2, 0.25) is 0 Å². The second kappa shape index (κ2) is 27.3. The van der Waals surface area contributed by atoms with Crippen molar-refractivity contribution in [1.29, 1.82) is 0 Å². The Morgan fingerprint density at radius 3 is 2.03 bits per heavy atom. The maximum atomic E-state index is 9.06. The van der Waals surface area contributed by atoms with Crippen molar-refractivity contribution in [2.75, 3.05) is 40.3 Å². The van der Waals surface area contributed by atoms with E-state index in [4.69, 9.17) is 9.59 Å². The zero-order valence-corrected chi connectivity index (χ0v) is 24.8. The second-order valence-corrected chi connectivity index (χ2v) is 9.10. The number of carbonyl (C=O) groups excluding carboxylic acids is 2. The lowest BCUT2D eigenvalue weighted by Crippen LogP contribution is -2.38. The second-order valence-electron chi connectivity index (χ2n) is 9.10. The molecule has 0 aromatic carbocycles. The van der Waals surface area contributed by atoms with Crippen molar-refractivity contribution < 1.29 is 11.0 Å². The molecule has 36 heavy (non-hydrogen) atoms. The number of allylic oxidation sites excluding steroid dienone is 4. The first-order valence-electron chi connectivity index (χ1n) is 13.2. The normalized spacial score (nSPS) is 18.5. The lowest BCUT2D eigenvalue weighted by atomic mass is 9.90. The summed E-state index contributed by atoms with van der Waals surface area (Å²) < 4.78 is 0. The molecule has 2 rings (SSSR count). The van der Waals surface area contributed by atoms with Crippen LogP contribution < -0.4 is 5.32 Å². The highest BCUT2D eigenvalue weighted by molar-refractivity contribution is 5.55. The van der Waals surface area contributed by atoms with Gasteiger partial charge in [-0.1, -0.05) is 50.6 Å². The van der Waals surface area contributed by atoms with Crippen molar-refractivity contribution in [2.24, 2.45) is 10.9 Å². The van der Waals surface area contributed by atoms with E-state index in [1.165, 1.54) is 55.5 Å². The largest absolute Gasteiger partial charge is 0.362 e. The number of likely N-dealkylation sites (N-methyl/N-ethyl adjacent to an activating group) is 1. The van der Waals surface area contributed by atoms with Gasteiger partial charge >= 0.3 is 0 Å². The summed E-state index contributed by atoms with van der Waals surface area (Å²) in [6.45, 7) is 25.6. The van der Waals surface area contributed by atoms with Crippen LogP contribution in [0.3, 0.4) is 0 Å². The minimum absolute atomic E-state index is 0. The summed E-state index contributed by atoms with van der Waals surface area (Å²) in [5, 5.41) is 2.25. The van der Waals surface area contributed by atoms with Gasteiger partial charge in [0.05, 0.1) is 0 Å². The molecule has 0 unspecified atom stereocenters. The van der Waals surface area contributed by atoms with Crippen LogP contribution in [0.1, 0.15) is 75.6 Å². The molecule has 0 radical (unpaired) electrons. The molecule has 2 heterocycles. The number of piperidine rings is 1. The zero-order valence-electron chi connectivity index (χ0n) is 24.8. The number of nitrogens with one attached hydrogen (secondary N) is 1. The van der Waals surface area contributed by atoms with E-state index in [0.717, 1.165) is 19.0 Å². The molecule has 0 spiro atoms. The highest BCUT2D eigenvalue weighted by Gasteiger charge is 2.20. The Labute approximate surface area is 224 Å². The molecule has 2 fully saturated rings. The summed E-state index contributed by atoms with van der Waals surface area (Å²) in [4.78, 5) is 26.1. The van der Waals surface area contributed by atoms with E-state index in [1.54, 1.807) is 7.05 Å². The van der Waals surface area contributed by atoms with Gasteiger partial charge in [-0.05, 0) is 91.1 Å². The fraction of sp³-hybridized carbons (Fsp3) is 0.633. The molecule has 0 saturated carbocycles. The quantitative estimate of drug-likeness (QED) is 0.260. The van der Waals surface area contributed by atoms with Crippen molar-refractivity contribution in [3.05, 3.63) is 47.7 Å². The molecule has 210 valence electrons. The van der Waals surface area contributed by atoms with Crippen molar-refractivity contribution in [3.8, 4) is 0 Å². The van der Waals surface area contributed by atoms with Gasteiger partial charge in [-0.25, -0.2) is 0 Å². The SMILES string of the molecule is C=C(/C=C\C)CC1CCN(C(C)C)CC1.C=O.CC=N/C=C1/CN(C)C/C1=C/C.CCC.CNC=O.[HH]. The number of nitrogens with zero attached hydrogens (tertiary/aromatic N) is 3. The maximum absolute atomic E-state index is 9.06. The molecular weight excluding hydrogens is 448 g/mol. The number of likely N-dealkylation sites (tertiary alicyclic amines) is 2. The van der Waals surface area contributed by atoms with Gasteiger partial charge in [0.25, 0.3) is 0 Å². The predicted octanol–water partition coefficient (Wildman–Crippen LogP) is 6.32. The molecule has 0 aromatic heterocycles. The van der Waals surface area contributed by atoms with Crippen LogP contribution in [-0.4, -0.2) is 75.5 Å². The lowest BCUT2D eigenvalue weighted by molar-refractivity contribution is -0.109. The van der Waals surface area contributed by atoms with E-state index in [-0.39, 0.29) is 1.43 Å². The summed E-state index contributed by atoms with van der Waals surface area (Å²) in [5.74, 6) is 0.865. The molecule has 2 saturated heterocycles. The Morgan fingerprint density at radius 1 is 1.14 bits per heavy atom. The van der Waals surface area contributed by atoms with E-state index >= 15 is 0 Å². The number of amides is 1. The predicted molar refractivity (Wildman–Crippen MR) is 162 cm³/mol. The summed E-state index contributed by atoms with van der Waals surface area (Å²) in [7, 11) is 3.69. The van der Waals surface area contributed by atoms with Crippen LogP contribution in [0.25, 0.3) is 0 Å². The van der Waals surface area contributed by atoms with E-state index in [2.05, 4.69) is 93.5 Å². The van der Waals surface area contributed by atoms with E-state index in [0.29, 0.717) is 12.5 Å². The van der Waals surface area contributed by atoms with Gasteiger partial charge in [-0.2, -0.15) is 0 Å². The minimum Gasteiger partial charge on any atom is -0.362 e. The molecule has 1 amide bonds. The fourth-order valence-electron chi connectivity index (χ4n) is 3.75.